The SMILES string of the molecule is COC(C)(C)CN1CCC[C@@H](N)C1. The fourth-order valence-corrected chi connectivity index (χ4v) is 1.84. The highest BCUT2D eigenvalue weighted by atomic mass is 16.5. The Morgan fingerprint density at radius 2 is 2.23 bits per heavy atom. The Morgan fingerprint density at radius 3 is 2.77 bits per heavy atom. The van der Waals surface area contributed by atoms with E-state index in [1.807, 2.05) is 0 Å². The minimum absolute atomic E-state index is 0.0446. The second kappa shape index (κ2) is 4.40. The summed E-state index contributed by atoms with van der Waals surface area (Å²) in [6, 6.07) is 0.362. The molecule has 0 unspecified atom stereocenters. The average Bonchev–Trinajstić information content (AvgIpc) is 2.03. The van der Waals surface area contributed by atoms with Crippen molar-refractivity contribution in [2.45, 2.75) is 38.3 Å². The van der Waals surface area contributed by atoms with Gasteiger partial charge in [-0.15, -0.1) is 0 Å². The van der Waals surface area contributed by atoms with Gasteiger partial charge in [-0.3, -0.25) is 4.90 Å². The van der Waals surface area contributed by atoms with E-state index in [-0.39, 0.29) is 5.60 Å². The minimum atomic E-state index is -0.0446. The van der Waals surface area contributed by atoms with Gasteiger partial charge in [0.25, 0.3) is 0 Å². The number of rotatable bonds is 3. The summed E-state index contributed by atoms with van der Waals surface area (Å²) in [6.45, 7) is 7.41. The van der Waals surface area contributed by atoms with Crippen molar-refractivity contribution in [3.05, 3.63) is 0 Å². The summed E-state index contributed by atoms with van der Waals surface area (Å²) in [6.07, 6.45) is 2.39. The van der Waals surface area contributed by atoms with Gasteiger partial charge in [0, 0.05) is 26.2 Å². The maximum atomic E-state index is 5.90. The fourth-order valence-electron chi connectivity index (χ4n) is 1.84. The molecule has 3 nitrogen and oxygen atoms in total. The van der Waals surface area contributed by atoms with Crippen molar-refractivity contribution >= 4 is 0 Å². The van der Waals surface area contributed by atoms with E-state index < -0.39 is 0 Å². The molecule has 13 heavy (non-hydrogen) atoms. The molecule has 3 heteroatoms. The molecule has 0 aromatic heterocycles. The molecule has 1 heterocycles. The third-order valence-corrected chi connectivity index (χ3v) is 2.70. The highest BCUT2D eigenvalue weighted by Gasteiger charge is 2.24. The van der Waals surface area contributed by atoms with Crippen LogP contribution in [0, 0.1) is 0 Å². The molecule has 2 N–H and O–H groups in total. The smallest absolute Gasteiger partial charge is 0.0749 e. The largest absolute Gasteiger partial charge is 0.377 e. The molecule has 1 rings (SSSR count). The predicted molar refractivity (Wildman–Crippen MR) is 54.7 cm³/mol. The predicted octanol–water partition coefficient (Wildman–Crippen LogP) is 0.835. The average molecular weight is 186 g/mol. The number of nitrogens with two attached hydrogens (primary N) is 1. The van der Waals surface area contributed by atoms with E-state index in [0.717, 1.165) is 13.1 Å². The van der Waals surface area contributed by atoms with Crippen LogP contribution in [0.4, 0.5) is 0 Å². The standard InChI is InChI=1S/C10H22N2O/c1-10(2,13-3)8-12-6-4-5-9(11)7-12/h9H,4-8,11H2,1-3H3/t9-/m1/s1. The molecule has 0 bridgehead atoms. The lowest BCUT2D eigenvalue weighted by molar-refractivity contribution is -0.0128. The Morgan fingerprint density at radius 1 is 1.54 bits per heavy atom. The molecular formula is C10H22N2O. The molecule has 0 amide bonds. The van der Waals surface area contributed by atoms with Gasteiger partial charge in [0.1, 0.15) is 0 Å². The monoisotopic (exact) mass is 186 g/mol. The number of methoxy groups -OCH3 is 1. The maximum Gasteiger partial charge on any atom is 0.0749 e. The van der Waals surface area contributed by atoms with Crippen LogP contribution >= 0.6 is 0 Å². The molecule has 0 spiro atoms. The van der Waals surface area contributed by atoms with E-state index in [2.05, 4.69) is 18.7 Å². The molecule has 1 fully saturated rings. The molecule has 1 aliphatic heterocycles. The van der Waals surface area contributed by atoms with E-state index >= 15 is 0 Å². The van der Waals surface area contributed by atoms with Gasteiger partial charge in [0.15, 0.2) is 0 Å². The van der Waals surface area contributed by atoms with Gasteiger partial charge in [-0.2, -0.15) is 0 Å². The molecular weight excluding hydrogens is 164 g/mol. The summed E-state index contributed by atoms with van der Waals surface area (Å²) in [4.78, 5) is 2.40. The number of hydrogen-bond donors (Lipinski definition) is 1. The Labute approximate surface area is 81.2 Å². The van der Waals surface area contributed by atoms with Crippen LogP contribution in [0.3, 0.4) is 0 Å². The number of hydrogen-bond acceptors (Lipinski definition) is 3. The normalized spacial score (nSPS) is 26.3. The zero-order chi connectivity index (χ0) is 9.90. The van der Waals surface area contributed by atoms with Gasteiger partial charge in [0.2, 0.25) is 0 Å². The van der Waals surface area contributed by atoms with Crippen molar-refractivity contribution in [1.82, 2.24) is 4.90 Å². The van der Waals surface area contributed by atoms with Crippen LogP contribution in [0.1, 0.15) is 26.7 Å². The van der Waals surface area contributed by atoms with Crippen LogP contribution in [0.5, 0.6) is 0 Å². The Bertz CT molecular complexity index is 159. The van der Waals surface area contributed by atoms with E-state index in [1.165, 1.54) is 19.4 Å². The number of piperidine rings is 1. The summed E-state index contributed by atoms with van der Waals surface area (Å²) in [5, 5.41) is 0. The van der Waals surface area contributed by atoms with Crippen molar-refractivity contribution in [3.63, 3.8) is 0 Å². The summed E-state index contributed by atoms with van der Waals surface area (Å²) in [7, 11) is 1.77. The lowest BCUT2D eigenvalue weighted by atomic mass is 10.0. The zero-order valence-corrected chi connectivity index (χ0v) is 9.05. The van der Waals surface area contributed by atoms with Gasteiger partial charge < -0.3 is 10.5 Å². The molecule has 0 aromatic rings. The van der Waals surface area contributed by atoms with E-state index in [1.54, 1.807) is 7.11 Å². The summed E-state index contributed by atoms with van der Waals surface area (Å²) in [5.74, 6) is 0. The third-order valence-electron chi connectivity index (χ3n) is 2.70. The van der Waals surface area contributed by atoms with Crippen molar-refractivity contribution in [1.29, 1.82) is 0 Å². The number of nitrogens with zero attached hydrogens (tertiary/aromatic N) is 1. The van der Waals surface area contributed by atoms with Crippen LogP contribution in [0.25, 0.3) is 0 Å². The Balaban J connectivity index is 2.35. The molecule has 1 atom stereocenters. The molecule has 78 valence electrons. The van der Waals surface area contributed by atoms with E-state index in [0.29, 0.717) is 6.04 Å². The second-order valence-electron chi connectivity index (χ2n) is 4.60. The molecule has 0 aliphatic carbocycles. The molecule has 1 aliphatic rings. The first-order chi connectivity index (χ1) is 6.03. The Hall–Kier alpha value is -0.120. The highest BCUT2D eigenvalue weighted by molar-refractivity contribution is 4.80. The van der Waals surface area contributed by atoms with Crippen LogP contribution in [-0.4, -0.2) is 43.3 Å². The van der Waals surface area contributed by atoms with Gasteiger partial charge in [0.05, 0.1) is 5.60 Å². The van der Waals surface area contributed by atoms with Crippen molar-refractivity contribution in [2.24, 2.45) is 5.73 Å². The van der Waals surface area contributed by atoms with Crippen molar-refractivity contribution < 1.29 is 4.74 Å². The number of likely N-dealkylation sites (tertiary alicyclic amines) is 1. The third kappa shape index (κ3) is 3.63. The van der Waals surface area contributed by atoms with E-state index in [4.69, 9.17) is 10.5 Å². The summed E-state index contributed by atoms with van der Waals surface area (Å²) < 4.78 is 5.39. The lowest BCUT2D eigenvalue weighted by Crippen LogP contribution is -2.48. The van der Waals surface area contributed by atoms with Gasteiger partial charge in [-0.05, 0) is 33.2 Å². The van der Waals surface area contributed by atoms with E-state index in [9.17, 15) is 0 Å². The van der Waals surface area contributed by atoms with Gasteiger partial charge in [-0.25, -0.2) is 0 Å². The molecule has 0 saturated carbocycles. The highest BCUT2D eigenvalue weighted by Crippen LogP contribution is 2.14. The maximum absolute atomic E-state index is 5.90. The summed E-state index contributed by atoms with van der Waals surface area (Å²) in [5.41, 5.74) is 5.86. The molecule has 0 aromatic carbocycles. The fraction of sp³-hybridized carbons (Fsp3) is 1.00. The number of ether oxygens (including phenoxy) is 1. The second-order valence-corrected chi connectivity index (χ2v) is 4.60. The zero-order valence-electron chi connectivity index (χ0n) is 9.05. The lowest BCUT2D eigenvalue weighted by Gasteiger charge is -2.36. The molecule has 0 radical (unpaired) electrons. The van der Waals surface area contributed by atoms with Crippen LogP contribution in [-0.2, 0) is 4.74 Å². The van der Waals surface area contributed by atoms with Crippen molar-refractivity contribution in [2.75, 3.05) is 26.7 Å². The van der Waals surface area contributed by atoms with Crippen LogP contribution in [0.2, 0.25) is 0 Å². The summed E-state index contributed by atoms with van der Waals surface area (Å²) >= 11 is 0. The minimum Gasteiger partial charge on any atom is -0.377 e. The van der Waals surface area contributed by atoms with Gasteiger partial charge >= 0.3 is 0 Å². The Kier molecular flexibility index (Phi) is 3.71. The quantitative estimate of drug-likeness (QED) is 0.709. The first-order valence-electron chi connectivity index (χ1n) is 5.06. The molecule has 1 saturated heterocycles. The topological polar surface area (TPSA) is 38.5 Å². The van der Waals surface area contributed by atoms with Gasteiger partial charge in [-0.1, -0.05) is 0 Å². The van der Waals surface area contributed by atoms with Crippen LogP contribution in [0.15, 0.2) is 0 Å². The van der Waals surface area contributed by atoms with Crippen molar-refractivity contribution in [3.8, 4) is 0 Å². The first kappa shape index (κ1) is 11.0. The first-order valence-corrected chi connectivity index (χ1v) is 5.06. The van der Waals surface area contributed by atoms with Crippen LogP contribution < -0.4 is 5.73 Å².